The SMILES string of the molecule is Clc1ccc2c(c1)CC1(CCOCC1)C(=NCc1ccccc1)N2. The van der Waals surface area contributed by atoms with Crippen LogP contribution in [0.3, 0.4) is 0 Å². The van der Waals surface area contributed by atoms with Crippen LogP contribution in [0, 0.1) is 5.41 Å². The lowest BCUT2D eigenvalue weighted by Gasteiger charge is -2.42. The van der Waals surface area contributed by atoms with Gasteiger partial charge in [0.2, 0.25) is 0 Å². The number of fused-ring (bicyclic) bond motifs is 1. The second-order valence-corrected chi connectivity index (χ2v) is 7.08. The zero-order valence-corrected chi connectivity index (χ0v) is 14.4. The van der Waals surface area contributed by atoms with Crippen LogP contribution in [0.5, 0.6) is 0 Å². The molecule has 2 aromatic rings. The summed E-state index contributed by atoms with van der Waals surface area (Å²) in [7, 11) is 0. The highest BCUT2D eigenvalue weighted by molar-refractivity contribution is 6.30. The summed E-state index contributed by atoms with van der Waals surface area (Å²) in [5.74, 6) is 1.10. The maximum absolute atomic E-state index is 6.20. The molecule has 0 unspecified atom stereocenters. The van der Waals surface area contributed by atoms with Gasteiger partial charge in [-0.2, -0.15) is 0 Å². The number of ether oxygens (including phenoxy) is 1. The molecule has 1 saturated heterocycles. The van der Waals surface area contributed by atoms with E-state index in [9.17, 15) is 0 Å². The highest BCUT2D eigenvalue weighted by Crippen LogP contribution is 2.42. The number of rotatable bonds is 2. The van der Waals surface area contributed by atoms with Gasteiger partial charge in [0.05, 0.1) is 6.54 Å². The van der Waals surface area contributed by atoms with Crippen molar-refractivity contribution in [3.05, 3.63) is 64.7 Å². The number of hydrogen-bond acceptors (Lipinski definition) is 2. The predicted molar refractivity (Wildman–Crippen MR) is 98.8 cm³/mol. The molecule has 0 radical (unpaired) electrons. The molecule has 3 nitrogen and oxygen atoms in total. The molecule has 2 aliphatic rings. The first kappa shape index (κ1) is 15.7. The average molecular weight is 341 g/mol. The first-order chi connectivity index (χ1) is 11.8. The Morgan fingerprint density at radius 1 is 1.08 bits per heavy atom. The number of nitrogens with zero attached hydrogens (tertiary/aromatic N) is 1. The van der Waals surface area contributed by atoms with Gasteiger partial charge in [-0.1, -0.05) is 41.9 Å². The van der Waals surface area contributed by atoms with E-state index in [1.54, 1.807) is 0 Å². The minimum Gasteiger partial charge on any atom is -0.381 e. The van der Waals surface area contributed by atoms with E-state index in [-0.39, 0.29) is 5.41 Å². The third-order valence-corrected chi connectivity index (χ3v) is 5.30. The molecule has 0 saturated carbocycles. The van der Waals surface area contributed by atoms with Crippen molar-refractivity contribution in [3.8, 4) is 0 Å². The van der Waals surface area contributed by atoms with E-state index < -0.39 is 0 Å². The zero-order chi connectivity index (χ0) is 16.4. The zero-order valence-electron chi connectivity index (χ0n) is 13.6. The summed E-state index contributed by atoms with van der Waals surface area (Å²) >= 11 is 6.20. The normalized spacial score (nSPS) is 20.6. The first-order valence-corrected chi connectivity index (χ1v) is 8.85. The van der Waals surface area contributed by atoms with Crippen molar-refractivity contribution in [2.24, 2.45) is 10.4 Å². The fraction of sp³-hybridized carbons (Fsp3) is 0.350. The Morgan fingerprint density at radius 3 is 2.67 bits per heavy atom. The maximum atomic E-state index is 6.20. The molecule has 1 fully saturated rings. The van der Waals surface area contributed by atoms with E-state index in [1.807, 2.05) is 12.1 Å². The Bertz CT molecular complexity index is 751. The van der Waals surface area contributed by atoms with E-state index in [4.69, 9.17) is 21.3 Å². The Hall–Kier alpha value is -1.84. The minimum absolute atomic E-state index is 0.0463. The number of amidine groups is 1. The van der Waals surface area contributed by atoms with Gasteiger partial charge in [0.25, 0.3) is 0 Å². The molecule has 4 heteroatoms. The largest absolute Gasteiger partial charge is 0.381 e. The molecular formula is C20H21ClN2O. The van der Waals surface area contributed by atoms with Gasteiger partial charge in [0.15, 0.2) is 0 Å². The van der Waals surface area contributed by atoms with Crippen molar-refractivity contribution in [2.45, 2.75) is 25.8 Å². The molecule has 0 aliphatic carbocycles. The van der Waals surface area contributed by atoms with Gasteiger partial charge < -0.3 is 10.1 Å². The summed E-state index contributed by atoms with van der Waals surface area (Å²) in [6, 6.07) is 16.5. The second kappa shape index (κ2) is 6.58. The Labute approximate surface area is 147 Å². The average Bonchev–Trinajstić information content (AvgIpc) is 2.61. The molecule has 2 aliphatic heterocycles. The number of benzene rings is 2. The molecule has 0 amide bonds. The predicted octanol–water partition coefficient (Wildman–Crippen LogP) is 4.70. The molecule has 24 heavy (non-hydrogen) atoms. The van der Waals surface area contributed by atoms with E-state index in [0.29, 0.717) is 6.54 Å². The first-order valence-electron chi connectivity index (χ1n) is 8.47. The monoisotopic (exact) mass is 340 g/mol. The van der Waals surface area contributed by atoms with Gasteiger partial charge in [0, 0.05) is 29.3 Å². The third kappa shape index (κ3) is 3.06. The molecule has 124 valence electrons. The van der Waals surface area contributed by atoms with Crippen LogP contribution in [0.15, 0.2) is 53.5 Å². The van der Waals surface area contributed by atoms with Crippen LogP contribution in [0.4, 0.5) is 5.69 Å². The number of halogens is 1. The van der Waals surface area contributed by atoms with Crippen molar-refractivity contribution in [2.75, 3.05) is 18.5 Å². The standard InChI is InChI=1S/C20H21ClN2O/c21-17-6-7-18-16(12-17)13-20(8-10-24-11-9-20)19(23-18)22-14-15-4-2-1-3-5-15/h1-7,12H,8-11,13-14H2,(H,22,23). The van der Waals surface area contributed by atoms with Crippen LogP contribution in [0.1, 0.15) is 24.0 Å². The van der Waals surface area contributed by atoms with Gasteiger partial charge in [-0.25, -0.2) is 0 Å². The molecule has 1 N–H and O–H groups in total. The fourth-order valence-corrected chi connectivity index (χ4v) is 3.87. The van der Waals surface area contributed by atoms with Crippen LogP contribution in [0.25, 0.3) is 0 Å². The van der Waals surface area contributed by atoms with Crippen LogP contribution < -0.4 is 5.32 Å². The molecule has 4 rings (SSSR count). The molecule has 2 heterocycles. The fourth-order valence-electron chi connectivity index (χ4n) is 3.68. The Morgan fingerprint density at radius 2 is 1.88 bits per heavy atom. The summed E-state index contributed by atoms with van der Waals surface area (Å²) < 4.78 is 5.61. The second-order valence-electron chi connectivity index (χ2n) is 6.65. The Kier molecular flexibility index (Phi) is 4.30. The minimum atomic E-state index is 0.0463. The molecule has 0 atom stereocenters. The summed E-state index contributed by atoms with van der Waals surface area (Å²) in [5, 5.41) is 4.38. The van der Waals surface area contributed by atoms with E-state index in [0.717, 1.165) is 49.0 Å². The molecule has 2 aromatic carbocycles. The van der Waals surface area contributed by atoms with Crippen molar-refractivity contribution in [1.29, 1.82) is 0 Å². The van der Waals surface area contributed by atoms with Gasteiger partial charge >= 0.3 is 0 Å². The highest BCUT2D eigenvalue weighted by Gasteiger charge is 2.41. The lowest BCUT2D eigenvalue weighted by Crippen LogP contribution is -2.45. The molecular weight excluding hydrogens is 320 g/mol. The van der Waals surface area contributed by atoms with Crippen LogP contribution in [-0.4, -0.2) is 19.0 Å². The molecule has 0 aromatic heterocycles. The molecule has 1 spiro atoms. The van der Waals surface area contributed by atoms with E-state index in [1.165, 1.54) is 11.1 Å². The number of anilines is 1. The van der Waals surface area contributed by atoms with Gasteiger partial charge in [-0.15, -0.1) is 0 Å². The smallest absolute Gasteiger partial charge is 0.108 e. The van der Waals surface area contributed by atoms with Gasteiger partial charge in [-0.05, 0) is 48.6 Å². The van der Waals surface area contributed by atoms with Crippen LogP contribution >= 0.6 is 11.6 Å². The number of nitrogens with one attached hydrogen (secondary N) is 1. The maximum Gasteiger partial charge on any atom is 0.108 e. The van der Waals surface area contributed by atoms with Gasteiger partial charge in [0.1, 0.15) is 5.84 Å². The number of aliphatic imine (C=N–C) groups is 1. The lowest BCUT2D eigenvalue weighted by molar-refractivity contribution is 0.0449. The van der Waals surface area contributed by atoms with Crippen molar-refractivity contribution in [1.82, 2.24) is 0 Å². The van der Waals surface area contributed by atoms with Crippen LogP contribution in [-0.2, 0) is 17.7 Å². The topological polar surface area (TPSA) is 33.6 Å². The van der Waals surface area contributed by atoms with E-state index in [2.05, 4.69) is 41.7 Å². The van der Waals surface area contributed by atoms with Crippen molar-refractivity contribution >= 4 is 23.1 Å². The summed E-state index contributed by atoms with van der Waals surface area (Å²) in [4.78, 5) is 4.97. The molecule has 0 bridgehead atoms. The Balaban J connectivity index is 1.68. The van der Waals surface area contributed by atoms with Crippen molar-refractivity contribution < 1.29 is 4.74 Å². The number of hydrogen-bond donors (Lipinski definition) is 1. The third-order valence-electron chi connectivity index (χ3n) is 5.06. The summed E-state index contributed by atoms with van der Waals surface area (Å²) in [6.07, 6.45) is 2.98. The van der Waals surface area contributed by atoms with Crippen molar-refractivity contribution in [3.63, 3.8) is 0 Å². The summed E-state index contributed by atoms with van der Waals surface area (Å²) in [6.45, 7) is 2.29. The van der Waals surface area contributed by atoms with E-state index >= 15 is 0 Å². The van der Waals surface area contributed by atoms with Gasteiger partial charge in [-0.3, -0.25) is 4.99 Å². The quantitative estimate of drug-likeness (QED) is 0.859. The van der Waals surface area contributed by atoms with Crippen LogP contribution in [0.2, 0.25) is 5.02 Å². The summed E-state index contributed by atoms with van der Waals surface area (Å²) in [5.41, 5.74) is 3.69. The highest BCUT2D eigenvalue weighted by atomic mass is 35.5. The lowest BCUT2D eigenvalue weighted by atomic mass is 9.71.